The lowest BCUT2D eigenvalue weighted by molar-refractivity contribution is 0.211. The molecule has 118 valence electrons. The molecule has 1 heterocycles. The second-order valence-corrected chi connectivity index (χ2v) is 6.97. The first-order valence-corrected chi connectivity index (χ1v) is 7.63. The minimum Gasteiger partial charge on any atom is -0.470 e. The Morgan fingerprint density at radius 2 is 1.95 bits per heavy atom. The van der Waals surface area contributed by atoms with E-state index in [1.807, 2.05) is 26.0 Å². The van der Waals surface area contributed by atoms with Crippen molar-refractivity contribution in [3.63, 3.8) is 0 Å². The van der Waals surface area contributed by atoms with Crippen LogP contribution in [0.3, 0.4) is 0 Å². The summed E-state index contributed by atoms with van der Waals surface area (Å²) in [7, 11) is 0. The molecule has 0 fully saturated rings. The van der Waals surface area contributed by atoms with Gasteiger partial charge in [-0.15, -0.1) is 0 Å². The molecule has 1 aromatic carbocycles. The molecular formula is C19H24FNO. The van der Waals surface area contributed by atoms with Crippen LogP contribution in [0.4, 0.5) is 4.39 Å². The molecule has 0 aliphatic carbocycles. The molecule has 0 radical (unpaired) electrons. The number of benzene rings is 1. The largest absolute Gasteiger partial charge is 0.470 e. The summed E-state index contributed by atoms with van der Waals surface area (Å²) in [5.41, 5.74) is 3.10. The number of halogens is 1. The molecule has 0 aliphatic rings. The molecule has 3 heteroatoms. The van der Waals surface area contributed by atoms with Crippen molar-refractivity contribution in [3.8, 4) is 5.88 Å². The summed E-state index contributed by atoms with van der Waals surface area (Å²) in [5.74, 6) is 0.389. The monoisotopic (exact) mass is 301 g/mol. The molecule has 0 spiro atoms. The van der Waals surface area contributed by atoms with Crippen LogP contribution in [-0.2, 0) is 6.42 Å². The van der Waals surface area contributed by atoms with Gasteiger partial charge in [0.1, 0.15) is 11.9 Å². The standard InChI is InChI=1S/C19H24FNO/c1-13-8-9-16(20)11-17(13)14(2)22-18-15(7-6-10-21-18)12-19(3,4)5/h6-11,14H,12H2,1-5H3. The molecule has 0 N–H and O–H groups in total. The molecule has 0 amide bonds. The minimum atomic E-state index is -0.246. The summed E-state index contributed by atoms with van der Waals surface area (Å²) in [6.45, 7) is 10.4. The third-order valence-electron chi connectivity index (χ3n) is 3.54. The van der Waals surface area contributed by atoms with Crippen LogP contribution in [-0.4, -0.2) is 4.98 Å². The second-order valence-electron chi connectivity index (χ2n) is 6.97. The van der Waals surface area contributed by atoms with Gasteiger partial charge in [-0.2, -0.15) is 0 Å². The Labute approximate surface area is 132 Å². The van der Waals surface area contributed by atoms with Gasteiger partial charge in [0.15, 0.2) is 0 Å². The van der Waals surface area contributed by atoms with Crippen molar-refractivity contribution in [1.29, 1.82) is 0 Å². The average molecular weight is 301 g/mol. The number of aryl methyl sites for hydroxylation is 1. The van der Waals surface area contributed by atoms with E-state index in [1.165, 1.54) is 12.1 Å². The van der Waals surface area contributed by atoms with Crippen LogP contribution in [0.25, 0.3) is 0 Å². The highest BCUT2D eigenvalue weighted by atomic mass is 19.1. The molecule has 0 aliphatic heterocycles. The van der Waals surface area contributed by atoms with Crippen LogP contribution in [0.15, 0.2) is 36.5 Å². The highest BCUT2D eigenvalue weighted by Crippen LogP contribution is 2.29. The number of pyridine rings is 1. The predicted octanol–water partition coefficient (Wildman–Crippen LogP) is 5.26. The number of aromatic nitrogens is 1. The van der Waals surface area contributed by atoms with Gasteiger partial charge in [-0.3, -0.25) is 0 Å². The third-order valence-corrected chi connectivity index (χ3v) is 3.54. The smallest absolute Gasteiger partial charge is 0.217 e. The lowest BCUT2D eigenvalue weighted by atomic mass is 9.88. The quantitative estimate of drug-likeness (QED) is 0.768. The fraction of sp³-hybridized carbons (Fsp3) is 0.421. The lowest BCUT2D eigenvalue weighted by Gasteiger charge is -2.22. The van der Waals surface area contributed by atoms with Gasteiger partial charge >= 0.3 is 0 Å². The van der Waals surface area contributed by atoms with Gasteiger partial charge in [-0.25, -0.2) is 9.37 Å². The average Bonchev–Trinajstić information content (AvgIpc) is 2.42. The fourth-order valence-electron chi connectivity index (χ4n) is 2.52. The van der Waals surface area contributed by atoms with E-state index in [-0.39, 0.29) is 17.3 Å². The van der Waals surface area contributed by atoms with Crippen molar-refractivity contribution in [2.75, 3.05) is 0 Å². The van der Waals surface area contributed by atoms with E-state index < -0.39 is 0 Å². The first-order chi connectivity index (χ1) is 10.3. The molecule has 22 heavy (non-hydrogen) atoms. The van der Waals surface area contributed by atoms with Crippen LogP contribution in [0.1, 0.15) is 50.5 Å². The highest BCUT2D eigenvalue weighted by Gasteiger charge is 2.18. The molecule has 1 atom stereocenters. The van der Waals surface area contributed by atoms with Crippen molar-refractivity contribution in [2.24, 2.45) is 5.41 Å². The molecule has 0 saturated carbocycles. The van der Waals surface area contributed by atoms with Gasteiger partial charge < -0.3 is 4.74 Å². The van der Waals surface area contributed by atoms with Crippen LogP contribution in [0.5, 0.6) is 5.88 Å². The van der Waals surface area contributed by atoms with Gasteiger partial charge in [0.2, 0.25) is 5.88 Å². The summed E-state index contributed by atoms with van der Waals surface area (Å²) >= 11 is 0. The Balaban J connectivity index is 2.25. The molecule has 2 rings (SSSR count). The van der Waals surface area contributed by atoms with Crippen LogP contribution in [0.2, 0.25) is 0 Å². The van der Waals surface area contributed by atoms with Crippen molar-refractivity contribution < 1.29 is 9.13 Å². The Kier molecular flexibility index (Phi) is 4.84. The van der Waals surface area contributed by atoms with E-state index in [0.717, 1.165) is 23.1 Å². The molecule has 0 bridgehead atoms. The fourth-order valence-corrected chi connectivity index (χ4v) is 2.52. The Bertz CT molecular complexity index is 646. The summed E-state index contributed by atoms with van der Waals surface area (Å²) in [6, 6.07) is 8.74. The summed E-state index contributed by atoms with van der Waals surface area (Å²) in [6.07, 6.45) is 2.36. The Morgan fingerprint density at radius 1 is 1.23 bits per heavy atom. The SMILES string of the molecule is Cc1ccc(F)cc1C(C)Oc1ncccc1CC(C)(C)C. The number of rotatable bonds is 4. The van der Waals surface area contributed by atoms with Crippen molar-refractivity contribution >= 4 is 0 Å². The maximum atomic E-state index is 13.5. The van der Waals surface area contributed by atoms with Crippen LogP contribution in [0, 0.1) is 18.2 Å². The molecule has 1 unspecified atom stereocenters. The number of ether oxygens (including phenoxy) is 1. The van der Waals surface area contributed by atoms with Crippen LogP contribution < -0.4 is 4.74 Å². The van der Waals surface area contributed by atoms with Gasteiger partial charge in [0.05, 0.1) is 0 Å². The van der Waals surface area contributed by atoms with Gasteiger partial charge in [0, 0.05) is 11.8 Å². The number of hydrogen-bond donors (Lipinski definition) is 0. The second kappa shape index (κ2) is 6.47. The van der Waals surface area contributed by atoms with Crippen molar-refractivity contribution in [2.45, 2.75) is 47.1 Å². The van der Waals surface area contributed by atoms with Gasteiger partial charge in [-0.05, 0) is 55.0 Å². The summed E-state index contributed by atoms with van der Waals surface area (Å²) < 4.78 is 19.5. The zero-order chi connectivity index (χ0) is 16.3. The van der Waals surface area contributed by atoms with E-state index in [9.17, 15) is 4.39 Å². The van der Waals surface area contributed by atoms with E-state index in [1.54, 1.807) is 12.3 Å². The summed E-state index contributed by atoms with van der Waals surface area (Å²) in [4.78, 5) is 4.36. The van der Waals surface area contributed by atoms with Gasteiger partial charge in [0.25, 0.3) is 0 Å². The summed E-state index contributed by atoms with van der Waals surface area (Å²) in [5, 5.41) is 0. The number of hydrogen-bond acceptors (Lipinski definition) is 2. The number of nitrogens with zero attached hydrogens (tertiary/aromatic N) is 1. The lowest BCUT2D eigenvalue weighted by Crippen LogP contribution is -2.13. The maximum Gasteiger partial charge on any atom is 0.217 e. The molecule has 2 nitrogen and oxygen atoms in total. The molecule has 0 saturated heterocycles. The van der Waals surface area contributed by atoms with Crippen molar-refractivity contribution in [1.82, 2.24) is 4.98 Å². The van der Waals surface area contributed by atoms with Crippen LogP contribution >= 0.6 is 0 Å². The normalized spacial score (nSPS) is 13.0. The van der Waals surface area contributed by atoms with E-state index >= 15 is 0 Å². The first kappa shape index (κ1) is 16.5. The zero-order valence-electron chi connectivity index (χ0n) is 14.0. The topological polar surface area (TPSA) is 22.1 Å². The predicted molar refractivity (Wildman–Crippen MR) is 87.6 cm³/mol. The third kappa shape index (κ3) is 4.30. The maximum absolute atomic E-state index is 13.5. The van der Waals surface area contributed by atoms with E-state index in [0.29, 0.717) is 5.88 Å². The molecule has 2 aromatic rings. The zero-order valence-corrected chi connectivity index (χ0v) is 14.0. The highest BCUT2D eigenvalue weighted by molar-refractivity contribution is 5.31. The van der Waals surface area contributed by atoms with E-state index in [2.05, 4.69) is 25.8 Å². The van der Waals surface area contributed by atoms with Crippen molar-refractivity contribution in [3.05, 3.63) is 59.0 Å². The Hall–Kier alpha value is -1.90. The van der Waals surface area contributed by atoms with E-state index in [4.69, 9.17) is 4.74 Å². The first-order valence-electron chi connectivity index (χ1n) is 7.63. The minimum absolute atomic E-state index is 0.152. The molecule has 1 aromatic heterocycles. The molecular weight excluding hydrogens is 277 g/mol. The van der Waals surface area contributed by atoms with Gasteiger partial charge in [-0.1, -0.05) is 32.9 Å². The Morgan fingerprint density at radius 3 is 2.64 bits per heavy atom.